The number of carbonyl (C=O) groups is 1. The lowest BCUT2D eigenvalue weighted by Gasteiger charge is -2.01. The summed E-state index contributed by atoms with van der Waals surface area (Å²) in [6, 6.07) is 7.42. The number of aryl methyl sites for hydroxylation is 1. The SMILES string of the molecule is Cc1c(Cl)c(C(=O)Nc2ncn(Cc3ccc(Cl)cc3)n2)nn1C. The lowest BCUT2D eigenvalue weighted by Crippen LogP contribution is -2.15. The number of amides is 1. The molecule has 0 saturated carbocycles. The number of hydrogen-bond acceptors (Lipinski definition) is 4. The maximum atomic E-state index is 12.2. The number of carbonyl (C=O) groups excluding carboxylic acids is 1. The summed E-state index contributed by atoms with van der Waals surface area (Å²) in [4.78, 5) is 16.3. The van der Waals surface area contributed by atoms with Crippen molar-refractivity contribution in [2.75, 3.05) is 5.32 Å². The minimum Gasteiger partial charge on any atom is -0.288 e. The van der Waals surface area contributed by atoms with Gasteiger partial charge in [-0.2, -0.15) is 5.10 Å². The van der Waals surface area contributed by atoms with Gasteiger partial charge in [-0.3, -0.25) is 14.8 Å². The predicted octanol–water partition coefficient (Wildman–Crippen LogP) is 2.93. The van der Waals surface area contributed by atoms with Gasteiger partial charge in [-0.15, -0.1) is 5.10 Å². The number of anilines is 1. The van der Waals surface area contributed by atoms with Crippen molar-refractivity contribution in [1.82, 2.24) is 24.5 Å². The molecule has 0 radical (unpaired) electrons. The third kappa shape index (κ3) is 3.42. The first-order valence-corrected chi connectivity index (χ1v) is 7.84. The molecule has 0 fully saturated rings. The van der Waals surface area contributed by atoms with E-state index >= 15 is 0 Å². The van der Waals surface area contributed by atoms with Crippen LogP contribution in [0.1, 0.15) is 21.7 Å². The van der Waals surface area contributed by atoms with Crippen molar-refractivity contribution in [3.63, 3.8) is 0 Å². The standard InChI is InChI=1S/C15H14Cl2N6O/c1-9-12(17)13(20-22(9)2)14(24)19-15-18-8-23(21-15)7-10-3-5-11(16)6-4-10/h3-6,8H,7H2,1-2H3,(H,19,21,24). The van der Waals surface area contributed by atoms with Crippen LogP contribution in [0.4, 0.5) is 5.95 Å². The predicted molar refractivity (Wildman–Crippen MR) is 91.5 cm³/mol. The van der Waals surface area contributed by atoms with Gasteiger partial charge in [-0.05, 0) is 24.6 Å². The van der Waals surface area contributed by atoms with E-state index in [0.717, 1.165) is 5.56 Å². The fourth-order valence-corrected chi connectivity index (χ4v) is 2.47. The minimum atomic E-state index is -0.451. The highest BCUT2D eigenvalue weighted by molar-refractivity contribution is 6.34. The highest BCUT2D eigenvalue weighted by atomic mass is 35.5. The fourth-order valence-electron chi connectivity index (χ4n) is 2.09. The molecule has 0 bridgehead atoms. The summed E-state index contributed by atoms with van der Waals surface area (Å²) in [5.41, 5.74) is 1.87. The summed E-state index contributed by atoms with van der Waals surface area (Å²) in [6.45, 7) is 2.30. The number of hydrogen-bond donors (Lipinski definition) is 1. The van der Waals surface area contributed by atoms with Gasteiger partial charge in [0.15, 0.2) is 5.69 Å². The minimum absolute atomic E-state index is 0.144. The Bertz CT molecular complexity index is 884. The molecule has 0 spiro atoms. The van der Waals surface area contributed by atoms with Crippen molar-refractivity contribution in [1.29, 1.82) is 0 Å². The zero-order chi connectivity index (χ0) is 17.3. The molecule has 0 atom stereocenters. The van der Waals surface area contributed by atoms with Crippen LogP contribution in [0.25, 0.3) is 0 Å². The first-order valence-electron chi connectivity index (χ1n) is 7.08. The van der Waals surface area contributed by atoms with Gasteiger partial charge < -0.3 is 0 Å². The van der Waals surface area contributed by atoms with E-state index in [1.165, 1.54) is 6.33 Å². The van der Waals surface area contributed by atoms with Crippen molar-refractivity contribution in [3.8, 4) is 0 Å². The zero-order valence-corrected chi connectivity index (χ0v) is 14.5. The molecule has 0 aliphatic rings. The Labute approximate surface area is 148 Å². The number of halogens is 2. The lowest BCUT2D eigenvalue weighted by atomic mass is 10.2. The molecule has 124 valence electrons. The van der Waals surface area contributed by atoms with Gasteiger partial charge in [0.1, 0.15) is 6.33 Å². The van der Waals surface area contributed by atoms with E-state index in [2.05, 4.69) is 20.5 Å². The summed E-state index contributed by atoms with van der Waals surface area (Å²) in [6.07, 6.45) is 1.54. The van der Waals surface area contributed by atoms with Gasteiger partial charge in [0.05, 0.1) is 17.3 Å². The quantitative estimate of drug-likeness (QED) is 0.771. The van der Waals surface area contributed by atoms with E-state index in [0.29, 0.717) is 22.3 Å². The van der Waals surface area contributed by atoms with Gasteiger partial charge >= 0.3 is 0 Å². The molecular formula is C15H14Cl2N6O. The molecule has 1 N–H and O–H groups in total. The Kier molecular flexibility index (Phi) is 4.55. The average Bonchev–Trinajstić information content (AvgIpc) is 3.09. The van der Waals surface area contributed by atoms with E-state index in [-0.39, 0.29) is 11.6 Å². The summed E-state index contributed by atoms with van der Waals surface area (Å²) in [7, 11) is 1.72. The molecule has 0 aliphatic heterocycles. The first kappa shape index (κ1) is 16.5. The van der Waals surface area contributed by atoms with Crippen molar-refractivity contribution >= 4 is 35.1 Å². The molecular weight excluding hydrogens is 351 g/mol. The molecule has 3 aromatic rings. The van der Waals surface area contributed by atoms with Crippen molar-refractivity contribution in [2.24, 2.45) is 7.05 Å². The molecule has 0 saturated heterocycles. The summed E-state index contributed by atoms with van der Waals surface area (Å²) >= 11 is 12.0. The molecule has 1 amide bonds. The Morgan fingerprint density at radius 2 is 1.92 bits per heavy atom. The topological polar surface area (TPSA) is 77.6 Å². The van der Waals surface area contributed by atoms with E-state index in [9.17, 15) is 4.79 Å². The molecule has 7 nitrogen and oxygen atoms in total. The van der Waals surface area contributed by atoms with E-state index in [4.69, 9.17) is 23.2 Å². The lowest BCUT2D eigenvalue weighted by molar-refractivity contribution is 0.102. The maximum absolute atomic E-state index is 12.2. The Hall–Kier alpha value is -2.38. The Balaban J connectivity index is 1.70. The fraction of sp³-hybridized carbons (Fsp3) is 0.200. The van der Waals surface area contributed by atoms with Crippen LogP contribution >= 0.6 is 23.2 Å². The average molecular weight is 365 g/mol. The second kappa shape index (κ2) is 6.62. The van der Waals surface area contributed by atoms with Crippen LogP contribution in [-0.4, -0.2) is 30.5 Å². The second-order valence-corrected chi connectivity index (χ2v) is 6.03. The van der Waals surface area contributed by atoms with E-state index in [1.807, 2.05) is 24.3 Å². The van der Waals surface area contributed by atoms with Gasteiger partial charge in [0, 0.05) is 12.1 Å². The third-order valence-corrected chi connectivity index (χ3v) is 4.20. The van der Waals surface area contributed by atoms with Gasteiger partial charge in [-0.1, -0.05) is 35.3 Å². The summed E-state index contributed by atoms with van der Waals surface area (Å²) in [5.74, 6) is -0.263. The van der Waals surface area contributed by atoms with Crippen LogP contribution in [0.5, 0.6) is 0 Å². The number of nitrogens with zero attached hydrogens (tertiary/aromatic N) is 5. The third-order valence-electron chi connectivity index (χ3n) is 3.50. The first-order chi connectivity index (χ1) is 11.4. The van der Waals surface area contributed by atoms with Crippen LogP contribution in [-0.2, 0) is 13.6 Å². The van der Waals surface area contributed by atoms with Gasteiger partial charge in [-0.25, -0.2) is 9.67 Å². The monoisotopic (exact) mass is 364 g/mol. The number of rotatable bonds is 4. The number of aromatic nitrogens is 5. The molecule has 1 aromatic carbocycles. The summed E-state index contributed by atoms with van der Waals surface area (Å²) in [5, 5.41) is 11.9. The molecule has 2 heterocycles. The summed E-state index contributed by atoms with van der Waals surface area (Å²) < 4.78 is 3.16. The van der Waals surface area contributed by atoms with Gasteiger partial charge in [0.2, 0.25) is 5.95 Å². The van der Waals surface area contributed by atoms with Crippen molar-refractivity contribution in [2.45, 2.75) is 13.5 Å². The molecule has 9 heteroatoms. The van der Waals surface area contributed by atoms with Crippen LogP contribution in [0.15, 0.2) is 30.6 Å². The van der Waals surface area contributed by atoms with Crippen molar-refractivity contribution < 1.29 is 4.79 Å². The van der Waals surface area contributed by atoms with E-state index < -0.39 is 5.91 Å². The Morgan fingerprint density at radius 1 is 1.21 bits per heavy atom. The van der Waals surface area contributed by atoms with Crippen molar-refractivity contribution in [3.05, 3.63) is 57.6 Å². The molecule has 24 heavy (non-hydrogen) atoms. The highest BCUT2D eigenvalue weighted by Crippen LogP contribution is 2.19. The van der Waals surface area contributed by atoms with Crippen LogP contribution in [0, 0.1) is 6.92 Å². The molecule has 2 aromatic heterocycles. The number of nitrogens with one attached hydrogen (secondary N) is 1. The molecule has 0 unspecified atom stereocenters. The van der Waals surface area contributed by atoms with E-state index in [1.54, 1.807) is 23.3 Å². The largest absolute Gasteiger partial charge is 0.288 e. The Morgan fingerprint density at radius 3 is 2.54 bits per heavy atom. The molecule has 3 rings (SSSR count). The van der Waals surface area contributed by atoms with Crippen LogP contribution in [0.2, 0.25) is 10.0 Å². The highest BCUT2D eigenvalue weighted by Gasteiger charge is 2.19. The zero-order valence-electron chi connectivity index (χ0n) is 13.0. The second-order valence-electron chi connectivity index (χ2n) is 5.22. The van der Waals surface area contributed by atoms with Crippen LogP contribution in [0.3, 0.4) is 0 Å². The number of benzene rings is 1. The molecule has 0 aliphatic carbocycles. The normalized spacial score (nSPS) is 10.8. The smallest absolute Gasteiger partial charge is 0.280 e. The van der Waals surface area contributed by atoms with Gasteiger partial charge in [0.25, 0.3) is 5.91 Å². The maximum Gasteiger partial charge on any atom is 0.280 e. The van der Waals surface area contributed by atoms with Crippen LogP contribution < -0.4 is 5.32 Å².